The molecule has 2 aromatic rings. The van der Waals surface area contributed by atoms with E-state index in [1.165, 1.54) is 18.2 Å². The van der Waals surface area contributed by atoms with Crippen LogP contribution in [0.1, 0.15) is 49.7 Å². The van der Waals surface area contributed by atoms with Crippen molar-refractivity contribution in [2.24, 2.45) is 0 Å². The zero-order valence-corrected chi connectivity index (χ0v) is 15.9. The fourth-order valence-corrected chi connectivity index (χ4v) is 3.37. The molecule has 0 heterocycles. The van der Waals surface area contributed by atoms with Gasteiger partial charge in [0, 0.05) is 16.5 Å². The maximum atomic E-state index is 14.5. The van der Waals surface area contributed by atoms with E-state index >= 15 is 0 Å². The minimum Gasteiger partial charge on any atom is -0.490 e. The second kappa shape index (κ2) is 8.66. The minimum atomic E-state index is -1.00. The van der Waals surface area contributed by atoms with Crippen molar-refractivity contribution in [3.63, 3.8) is 0 Å². The largest absolute Gasteiger partial charge is 0.490 e. The van der Waals surface area contributed by atoms with Crippen molar-refractivity contribution < 1.29 is 18.3 Å². The highest BCUT2D eigenvalue weighted by molar-refractivity contribution is 6.30. The molecule has 0 fully saturated rings. The van der Waals surface area contributed by atoms with E-state index in [1.54, 1.807) is 12.1 Å². The van der Waals surface area contributed by atoms with Crippen LogP contribution in [0.5, 0.6) is 5.75 Å². The number of hydrogen-bond donors (Lipinski definition) is 0. The van der Waals surface area contributed by atoms with Crippen molar-refractivity contribution in [1.29, 1.82) is 0 Å². The van der Waals surface area contributed by atoms with Gasteiger partial charge < -0.3 is 4.74 Å². The van der Waals surface area contributed by atoms with Crippen LogP contribution in [-0.2, 0) is 4.79 Å². The molecule has 1 aliphatic rings. The first-order chi connectivity index (χ1) is 13.0. The second-order valence-electron chi connectivity index (χ2n) is 6.66. The molecule has 27 heavy (non-hydrogen) atoms. The first kappa shape index (κ1) is 19.6. The first-order valence-corrected chi connectivity index (χ1v) is 9.50. The minimum absolute atomic E-state index is 0.0912. The van der Waals surface area contributed by atoms with Crippen LogP contribution in [-0.4, -0.2) is 12.4 Å². The summed E-state index contributed by atoms with van der Waals surface area (Å²) in [5, 5.41) is 0.608. The maximum absolute atomic E-state index is 14.5. The van der Waals surface area contributed by atoms with E-state index in [1.807, 2.05) is 19.1 Å². The summed E-state index contributed by atoms with van der Waals surface area (Å²) < 4.78 is 34.1. The number of allylic oxidation sites excluding steroid dienone is 2. The van der Waals surface area contributed by atoms with Gasteiger partial charge in [0.15, 0.2) is 17.3 Å². The molecule has 0 N–H and O–H groups in total. The number of carbonyl (C=O) groups excluding carboxylic acids is 1. The third kappa shape index (κ3) is 4.38. The molecule has 1 aliphatic carbocycles. The summed E-state index contributed by atoms with van der Waals surface area (Å²) in [6, 6.07) is 10.1. The lowest BCUT2D eigenvalue weighted by molar-refractivity contribution is -0.116. The van der Waals surface area contributed by atoms with Gasteiger partial charge in [-0.2, -0.15) is 4.39 Å². The Morgan fingerprint density at radius 2 is 1.85 bits per heavy atom. The highest BCUT2D eigenvalue weighted by Gasteiger charge is 2.26. The van der Waals surface area contributed by atoms with Gasteiger partial charge in [-0.1, -0.05) is 37.1 Å². The van der Waals surface area contributed by atoms with E-state index in [0.29, 0.717) is 30.0 Å². The van der Waals surface area contributed by atoms with Gasteiger partial charge in [-0.15, -0.1) is 0 Å². The molecule has 0 saturated carbocycles. The normalized spacial score (nSPS) is 17.0. The number of carbonyl (C=O) groups is 1. The molecule has 0 amide bonds. The quantitative estimate of drug-likeness (QED) is 0.539. The van der Waals surface area contributed by atoms with Crippen molar-refractivity contribution in [3.8, 4) is 5.75 Å². The third-order valence-electron chi connectivity index (χ3n) is 4.78. The molecule has 0 aliphatic heterocycles. The van der Waals surface area contributed by atoms with Crippen LogP contribution in [0.2, 0.25) is 5.02 Å². The summed E-state index contributed by atoms with van der Waals surface area (Å²) in [6.07, 6.45) is 4.15. The SMILES string of the molecule is CCCCOc1ccc(C2=CC(=O)C(c3ccc(Cl)cc3)CC2)c(F)c1F. The van der Waals surface area contributed by atoms with Gasteiger partial charge in [0.05, 0.1) is 6.61 Å². The lowest BCUT2D eigenvalue weighted by atomic mass is 9.81. The molecular formula is C22H21ClF2O2. The number of halogens is 3. The van der Waals surface area contributed by atoms with Gasteiger partial charge in [0.25, 0.3) is 0 Å². The van der Waals surface area contributed by atoms with E-state index in [4.69, 9.17) is 16.3 Å². The fraction of sp³-hybridized carbons (Fsp3) is 0.318. The lowest BCUT2D eigenvalue weighted by Gasteiger charge is -2.22. The summed E-state index contributed by atoms with van der Waals surface area (Å²) in [4.78, 5) is 12.6. The van der Waals surface area contributed by atoms with Crippen LogP contribution in [0, 0.1) is 11.6 Å². The molecule has 1 atom stereocenters. The zero-order chi connectivity index (χ0) is 19.4. The number of ketones is 1. The number of rotatable bonds is 6. The number of ether oxygens (including phenoxy) is 1. The Balaban J connectivity index is 1.81. The van der Waals surface area contributed by atoms with Crippen LogP contribution >= 0.6 is 11.6 Å². The Hall–Kier alpha value is -2.20. The van der Waals surface area contributed by atoms with E-state index in [-0.39, 0.29) is 23.0 Å². The van der Waals surface area contributed by atoms with Gasteiger partial charge in [-0.25, -0.2) is 4.39 Å². The number of hydrogen-bond acceptors (Lipinski definition) is 2. The average molecular weight is 391 g/mol. The van der Waals surface area contributed by atoms with Crippen molar-refractivity contribution >= 4 is 23.0 Å². The molecule has 5 heteroatoms. The molecule has 142 valence electrons. The van der Waals surface area contributed by atoms with Crippen molar-refractivity contribution in [2.75, 3.05) is 6.61 Å². The Labute approximate surface area is 162 Å². The van der Waals surface area contributed by atoms with E-state index < -0.39 is 11.6 Å². The number of benzene rings is 2. The lowest BCUT2D eigenvalue weighted by Crippen LogP contribution is -2.16. The average Bonchev–Trinajstić information content (AvgIpc) is 2.66. The Morgan fingerprint density at radius 3 is 2.52 bits per heavy atom. The van der Waals surface area contributed by atoms with E-state index in [0.717, 1.165) is 18.4 Å². The molecule has 0 radical (unpaired) electrons. The van der Waals surface area contributed by atoms with Crippen LogP contribution in [0.4, 0.5) is 8.78 Å². The van der Waals surface area contributed by atoms with Gasteiger partial charge in [0.2, 0.25) is 5.82 Å². The molecule has 2 aromatic carbocycles. The van der Waals surface area contributed by atoms with Crippen LogP contribution in [0.25, 0.3) is 5.57 Å². The second-order valence-corrected chi connectivity index (χ2v) is 7.09. The topological polar surface area (TPSA) is 26.3 Å². The highest BCUT2D eigenvalue weighted by Crippen LogP contribution is 2.36. The maximum Gasteiger partial charge on any atom is 0.201 e. The summed E-state index contributed by atoms with van der Waals surface area (Å²) in [5.41, 5.74) is 1.52. The smallest absolute Gasteiger partial charge is 0.201 e. The van der Waals surface area contributed by atoms with Gasteiger partial charge in [0.1, 0.15) is 0 Å². The first-order valence-electron chi connectivity index (χ1n) is 9.12. The molecule has 0 spiro atoms. The highest BCUT2D eigenvalue weighted by atomic mass is 35.5. The van der Waals surface area contributed by atoms with E-state index in [2.05, 4.69) is 0 Å². The van der Waals surface area contributed by atoms with Crippen LogP contribution in [0.3, 0.4) is 0 Å². The zero-order valence-electron chi connectivity index (χ0n) is 15.1. The monoisotopic (exact) mass is 390 g/mol. The summed E-state index contributed by atoms with van der Waals surface area (Å²) in [6.45, 7) is 2.34. The molecule has 1 unspecified atom stereocenters. The van der Waals surface area contributed by atoms with Gasteiger partial charge in [-0.3, -0.25) is 4.79 Å². The standard InChI is InChI=1S/C22H21ClF2O2/c1-2-3-12-27-20-11-10-18(21(24)22(20)25)15-6-9-17(19(26)13-15)14-4-7-16(23)8-5-14/h4-5,7-8,10-11,13,17H,2-3,6,9,12H2,1H3. The summed E-state index contributed by atoms with van der Waals surface area (Å²) in [5.74, 6) is -2.45. The van der Waals surface area contributed by atoms with Crippen molar-refractivity contribution in [3.05, 3.63) is 70.3 Å². The van der Waals surface area contributed by atoms with Gasteiger partial charge >= 0.3 is 0 Å². The summed E-state index contributed by atoms with van der Waals surface area (Å²) in [7, 11) is 0. The predicted molar refractivity (Wildman–Crippen MR) is 103 cm³/mol. The summed E-state index contributed by atoms with van der Waals surface area (Å²) >= 11 is 5.89. The Bertz CT molecular complexity index is 859. The Morgan fingerprint density at radius 1 is 1.11 bits per heavy atom. The van der Waals surface area contributed by atoms with E-state index in [9.17, 15) is 13.6 Å². The predicted octanol–water partition coefficient (Wildman–Crippen LogP) is 6.33. The molecule has 3 rings (SSSR count). The Kier molecular flexibility index (Phi) is 6.27. The van der Waals surface area contributed by atoms with Crippen LogP contribution in [0.15, 0.2) is 42.5 Å². The van der Waals surface area contributed by atoms with Crippen molar-refractivity contribution in [2.45, 2.75) is 38.5 Å². The van der Waals surface area contributed by atoms with Gasteiger partial charge in [-0.05, 0) is 60.7 Å². The van der Waals surface area contributed by atoms with Crippen LogP contribution < -0.4 is 4.74 Å². The third-order valence-corrected chi connectivity index (χ3v) is 5.03. The number of unbranched alkanes of at least 4 members (excludes halogenated alkanes) is 1. The molecule has 0 saturated heterocycles. The fourth-order valence-electron chi connectivity index (χ4n) is 3.24. The molecule has 2 nitrogen and oxygen atoms in total. The van der Waals surface area contributed by atoms with Crippen molar-refractivity contribution in [1.82, 2.24) is 0 Å². The molecular weight excluding hydrogens is 370 g/mol. The molecule has 0 bridgehead atoms. The molecule has 0 aromatic heterocycles.